The molecule has 0 aliphatic heterocycles. The Hall–Kier alpha value is -1.54. The van der Waals surface area contributed by atoms with Crippen LogP contribution in [0.25, 0.3) is 0 Å². The molecule has 0 radical (unpaired) electrons. The first-order chi connectivity index (χ1) is 20.8. The van der Waals surface area contributed by atoms with Crippen LogP contribution >= 0.6 is 0 Å². The van der Waals surface area contributed by atoms with E-state index in [0.717, 1.165) is 32.1 Å². The normalized spacial score (nSPS) is 14.5. The number of nitrogens with zero attached hydrogens (tertiary/aromatic N) is 3. The Kier molecular flexibility index (Phi) is 33.1. The van der Waals surface area contributed by atoms with E-state index in [1.807, 2.05) is 12.2 Å². The van der Waals surface area contributed by atoms with Crippen molar-refractivity contribution in [2.24, 2.45) is 4.99 Å². The maximum atomic E-state index is 11.7. The van der Waals surface area contributed by atoms with Gasteiger partial charge in [0.15, 0.2) is 0 Å². The van der Waals surface area contributed by atoms with Crippen LogP contribution in [0.5, 0.6) is 0 Å². The molecular weight excluding hydrogens is 608 g/mol. The van der Waals surface area contributed by atoms with Crippen LogP contribution in [0.15, 0.2) is 29.3 Å². The number of hydrogen-bond donors (Lipinski definition) is 4. The third-order valence-electron chi connectivity index (χ3n) is 6.49. The zero-order valence-corrected chi connectivity index (χ0v) is 30.7. The summed E-state index contributed by atoms with van der Waals surface area (Å²) in [5.41, 5.74) is 0. The predicted molar refractivity (Wildman–Crippen MR) is 176 cm³/mol. The first-order valence-corrected chi connectivity index (χ1v) is 15.8. The molecule has 45 heavy (non-hydrogen) atoms. The summed E-state index contributed by atoms with van der Waals surface area (Å²) in [5, 5.41) is 53.1. The second-order valence-corrected chi connectivity index (χ2v) is 10.9. The molecule has 4 atom stereocenters. The van der Waals surface area contributed by atoms with Crippen LogP contribution < -0.4 is 15.5 Å². The molecular formula is C32H58CaN4O8. The molecule has 0 aromatic heterocycles. The molecule has 0 aromatic rings. The molecule has 13 heteroatoms. The number of aliphatic hydroxyl groups is 2. The SMILES string of the molecule is CCC/C=C/CCC(=O)NCCN(CC(C)O)C(C)C(=O)O.CCC/C=C/CCC([O-])=NCCN(CC(C)O)C(C)C(=O)[O-].[Ca+2]. The molecule has 1 amide bonds. The van der Waals surface area contributed by atoms with E-state index in [1.165, 1.54) is 6.92 Å². The number of carboxylic acid groups (broad SMARTS) is 2. The number of nitrogens with one attached hydrogen (secondary N) is 1. The summed E-state index contributed by atoms with van der Waals surface area (Å²) in [5.74, 6) is -2.36. The molecule has 0 saturated heterocycles. The van der Waals surface area contributed by atoms with Gasteiger partial charge in [-0.25, -0.2) is 0 Å². The fourth-order valence-corrected chi connectivity index (χ4v) is 3.91. The van der Waals surface area contributed by atoms with Crippen molar-refractivity contribution < 1.29 is 39.9 Å². The first kappa shape index (κ1) is 47.9. The number of aliphatic carboxylic acids is 2. The summed E-state index contributed by atoms with van der Waals surface area (Å²) in [6.45, 7) is 12.2. The average Bonchev–Trinajstić information content (AvgIpc) is 2.94. The van der Waals surface area contributed by atoms with Crippen LogP contribution in [-0.4, -0.2) is 150 Å². The zero-order valence-electron chi connectivity index (χ0n) is 28.4. The van der Waals surface area contributed by atoms with Gasteiger partial charge in [-0.2, -0.15) is 0 Å². The molecule has 4 unspecified atom stereocenters. The Bertz CT molecular complexity index is 868. The minimum atomic E-state index is -1.20. The standard InChI is InChI=1S/2C16H30N2O4.Ca/c2*1-4-5-6-7-8-9-15(20)17-10-11-18(12-13(2)19)14(3)16(21)22;/h2*6-7,13-14,19H,4-5,8-12H2,1-3H3,(H,17,20)(H,21,22);/q;;+2/p-2/b2*7-6+;. The van der Waals surface area contributed by atoms with E-state index < -0.39 is 36.2 Å². The van der Waals surface area contributed by atoms with Crippen molar-refractivity contribution in [3.05, 3.63) is 24.3 Å². The van der Waals surface area contributed by atoms with E-state index in [4.69, 9.17) is 5.11 Å². The number of hydrogen-bond acceptors (Lipinski definition) is 10. The fourth-order valence-electron chi connectivity index (χ4n) is 3.91. The van der Waals surface area contributed by atoms with Crippen LogP contribution in [-0.2, 0) is 14.4 Å². The Labute approximate surface area is 300 Å². The maximum absolute atomic E-state index is 11.7. The van der Waals surface area contributed by atoms with Gasteiger partial charge in [-0.15, -0.1) is 0 Å². The van der Waals surface area contributed by atoms with Crippen molar-refractivity contribution in [3.8, 4) is 0 Å². The van der Waals surface area contributed by atoms with Gasteiger partial charge in [-0.05, 0) is 65.7 Å². The van der Waals surface area contributed by atoms with E-state index in [1.54, 1.807) is 30.6 Å². The van der Waals surface area contributed by atoms with Gasteiger partial charge in [-0.1, -0.05) is 51.0 Å². The second-order valence-electron chi connectivity index (χ2n) is 10.9. The number of amides is 1. The van der Waals surface area contributed by atoms with E-state index in [-0.39, 0.29) is 69.2 Å². The summed E-state index contributed by atoms with van der Waals surface area (Å²) >= 11 is 0. The number of aliphatic imine (C=N–C) groups is 1. The molecule has 12 nitrogen and oxygen atoms in total. The smallest absolute Gasteiger partial charge is 0.862 e. The Morgan fingerprint density at radius 3 is 1.69 bits per heavy atom. The molecule has 0 rings (SSSR count). The van der Waals surface area contributed by atoms with Crippen molar-refractivity contribution in [3.63, 3.8) is 0 Å². The van der Waals surface area contributed by atoms with Crippen molar-refractivity contribution in [1.82, 2.24) is 15.1 Å². The quantitative estimate of drug-likeness (QED) is 0.0495. The molecule has 0 fully saturated rings. The molecule has 256 valence electrons. The molecule has 0 aliphatic rings. The molecule has 0 aliphatic carbocycles. The van der Waals surface area contributed by atoms with Gasteiger partial charge in [0.05, 0.1) is 24.7 Å². The van der Waals surface area contributed by atoms with Crippen molar-refractivity contribution in [2.75, 3.05) is 39.3 Å². The van der Waals surface area contributed by atoms with E-state index in [9.17, 15) is 34.8 Å². The van der Waals surface area contributed by atoms with Gasteiger partial charge in [0.1, 0.15) is 6.04 Å². The fraction of sp³-hybridized carbons (Fsp3) is 0.750. The number of allylic oxidation sites excluding steroid dienone is 4. The van der Waals surface area contributed by atoms with Crippen LogP contribution in [0.4, 0.5) is 0 Å². The summed E-state index contributed by atoms with van der Waals surface area (Å²) in [4.78, 5) is 40.7. The van der Waals surface area contributed by atoms with E-state index in [2.05, 4.69) is 36.3 Å². The van der Waals surface area contributed by atoms with Gasteiger partial charge < -0.3 is 40.6 Å². The molecule has 0 aromatic carbocycles. The van der Waals surface area contributed by atoms with Crippen molar-refractivity contribution in [1.29, 1.82) is 0 Å². The summed E-state index contributed by atoms with van der Waals surface area (Å²) in [6.07, 6.45) is 13.3. The monoisotopic (exact) mass is 666 g/mol. The summed E-state index contributed by atoms with van der Waals surface area (Å²) < 4.78 is 0. The minimum Gasteiger partial charge on any atom is -0.862 e. The number of carbonyl (C=O) groups is 3. The number of aliphatic hydroxyl groups excluding tert-OH is 2. The van der Waals surface area contributed by atoms with Gasteiger partial charge >= 0.3 is 43.7 Å². The average molecular weight is 667 g/mol. The van der Waals surface area contributed by atoms with E-state index >= 15 is 0 Å². The predicted octanol–water partition coefficient (Wildman–Crippen LogP) is 0.717. The van der Waals surface area contributed by atoms with Crippen LogP contribution in [0.3, 0.4) is 0 Å². The van der Waals surface area contributed by atoms with Gasteiger partial charge in [0.2, 0.25) is 5.91 Å². The van der Waals surface area contributed by atoms with Crippen molar-refractivity contribution >= 4 is 61.5 Å². The Morgan fingerprint density at radius 1 is 0.778 bits per heavy atom. The maximum Gasteiger partial charge on any atom is 2.00 e. The Balaban J connectivity index is -0.000000767. The minimum absolute atomic E-state index is 0. The number of carboxylic acids is 2. The Morgan fingerprint density at radius 2 is 1.24 bits per heavy atom. The molecule has 4 N–H and O–H groups in total. The zero-order chi connectivity index (χ0) is 33.9. The topological polar surface area (TPSA) is 189 Å². The molecule has 0 spiro atoms. The van der Waals surface area contributed by atoms with Crippen LogP contribution in [0, 0.1) is 0 Å². The number of rotatable bonds is 24. The largest absolute Gasteiger partial charge is 2.00 e. The van der Waals surface area contributed by atoms with Gasteiger partial charge in [-0.3, -0.25) is 19.4 Å². The third kappa shape index (κ3) is 29.6. The second kappa shape index (κ2) is 31.1. The molecule has 0 saturated carbocycles. The molecule has 0 heterocycles. The van der Waals surface area contributed by atoms with Crippen LogP contribution in [0.2, 0.25) is 0 Å². The molecule has 0 bridgehead atoms. The van der Waals surface area contributed by atoms with Crippen LogP contribution in [0.1, 0.15) is 92.9 Å². The number of carbonyl (C=O) groups excluding carboxylic acids is 2. The summed E-state index contributed by atoms with van der Waals surface area (Å²) in [6, 6.07) is -1.51. The van der Waals surface area contributed by atoms with E-state index in [0.29, 0.717) is 38.9 Å². The van der Waals surface area contributed by atoms with Gasteiger partial charge in [0, 0.05) is 45.2 Å². The summed E-state index contributed by atoms with van der Waals surface area (Å²) in [7, 11) is 0. The number of unbranched alkanes of at least 4 members (excludes halogenated alkanes) is 2. The first-order valence-electron chi connectivity index (χ1n) is 15.8. The third-order valence-corrected chi connectivity index (χ3v) is 6.49. The van der Waals surface area contributed by atoms with Crippen molar-refractivity contribution in [2.45, 2.75) is 117 Å². The van der Waals surface area contributed by atoms with Gasteiger partial charge in [0.25, 0.3) is 0 Å².